The minimum Gasteiger partial charge on any atom is -0.280 e. The van der Waals surface area contributed by atoms with Crippen molar-refractivity contribution in [3.8, 4) is 0 Å². The molecule has 0 aromatic heterocycles. The van der Waals surface area contributed by atoms with Gasteiger partial charge in [-0.15, -0.1) is 0 Å². The van der Waals surface area contributed by atoms with Gasteiger partial charge in [-0.3, -0.25) is 19.2 Å². The highest BCUT2D eigenvalue weighted by Crippen LogP contribution is 2.31. The Morgan fingerprint density at radius 2 is 1.54 bits per heavy atom. The fourth-order valence-electron chi connectivity index (χ4n) is 2.83. The number of sulfonamides is 1. The predicted octanol–water partition coefficient (Wildman–Crippen LogP) is 3.47. The number of alkyl halides is 3. The van der Waals surface area contributed by atoms with Crippen molar-refractivity contribution in [2.45, 2.75) is 30.8 Å². The Bertz CT molecular complexity index is 1030. The summed E-state index contributed by atoms with van der Waals surface area (Å²) in [5, 5.41) is 0. The van der Waals surface area contributed by atoms with Crippen LogP contribution in [0.3, 0.4) is 0 Å². The number of anilines is 2. The van der Waals surface area contributed by atoms with Crippen LogP contribution in [0.15, 0.2) is 47.4 Å². The lowest BCUT2D eigenvalue weighted by Crippen LogP contribution is -2.29. The van der Waals surface area contributed by atoms with Gasteiger partial charge in [-0.1, -0.05) is 0 Å². The van der Waals surface area contributed by atoms with Crippen molar-refractivity contribution < 1.29 is 31.2 Å². The number of benzene rings is 2. The van der Waals surface area contributed by atoms with E-state index >= 15 is 0 Å². The quantitative estimate of drug-likeness (QED) is 0.780. The number of rotatable bonds is 4. The molecule has 0 bridgehead atoms. The first kappa shape index (κ1) is 19.9. The Balaban J connectivity index is 1.85. The number of amides is 2. The number of imide groups is 1. The van der Waals surface area contributed by atoms with E-state index in [0.717, 1.165) is 29.2 Å². The van der Waals surface area contributed by atoms with Gasteiger partial charge < -0.3 is 0 Å². The average Bonchev–Trinajstić information content (AvgIpc) is 2.93. The molecule has 1 saturated heterocycles. The second kappa shape index (κ2) is 6.93. The van der Waals surface area contributed by atoms with Gasteiger partial charge >= 0.3 is 6.18 Å². The molecule has 6 nitrogen and oxygen atoms in total. The van der Waals surface area contributed by atoms with Crippen LogP contribution in [0.25, 0.3) is 0 Å². The fourth-order valence-corrected chi connectivity index (χ4v) is 3.98. The molecule has 0 saturated carbocycles. The smallest absolute Gasteiger partial charge is 0.280 e. The molecule has 1 N–H and O–H groups in total. The summed E-state index contributed by atoms with van der Waals surface area (Å²) in [6.45, 7) is 1.56. The summed E-state index contributed by atoms with van der Waals surface area (Å²) in [7, 11) is -4.07. The van der Waals surface area contributed by atoms with E-state index in [1.54, 1.807) is 6.92 Å². The summed E-state index contributed by atoms with van der Waals surface area (Å²) in [6, 6.07) is 7.46. The van der Waals surface area contributed by atoms with Crippen LogP contribution < -0.4 is 9.62 Å². The number of nitrogens with one attached hydrogen (secondary N) is 1. The van der Waals surface area contributed by atoms with Gasteiger partial charge in [0.15, 0.2) is 0 Å². The van der Waals surface area contributed by atoms with E-state index in [2.05, 4.69) is 4.72 Å². The summed E-state index contributed by atoms with van der Waals surface area (Å²) >= 11 is 0. The van der Waals surface area contributed by atoms with Crippen LogP contribution >= 0.6 is 0 Å². The molecule has 2 aromatic rings. The molecule has 148 valence electrons. The van der Waals surface area contributed by atoms with Crippen LogP contribution in [0.4, 0.5) is 24.5 Å². The zero-order chi connectivity index (χ0) is 20.7. The van der Waals surface area contributed by atoms with Gasteiger partial charge in [0.2, 0.25) is 11.8 Å². The van der Waals surface area contributed by atoms with E-state index in [4.69, 9.17) is 0 Å². The van der Waals surface area contributed by atoms with Crippen molar-refractivity contribution in [1.82, 2.24) is 0 Å². The van der Waals surface area contributed by atoms with Gasteiger partial charge in [0.05, 0.1) is 16.1 Å². The summed E-state index contributed by atoms with van der Waals surface area (Å²) in [5.41, 5.74) is -0.213. The van der Waals surface area contributed by atoms with Crippen molar-refractivity contribution in [1.29, 1.82) is 0 Å². The molecule has 0 radical (unpaired) electrons. The predicted molar refractivity (Wildman–Crippen MR) is 95.2 cm³/mol. The lowest BCUT2D eigenvalue weighted by molar-refractivity contribution is -0.137. The average molecular weight is 412 g/mol. The van der Waals surface area contributed by atoms with Crippen LogP contribution in [-0.2, 0) is 25.8 Å². The van der Waals surface area contributed by atoms with E-state index < -0.39 is 21.8 Å². The Kier molecular flexibility index (Phi) is 4.92. The van der Waals surface area contributed by atoms with E-state index in [9.17, 15) is 31.2 Å². The largest absolute Gasteiger partial charge is 0.416 e. The summed E-state index contributed by atoms with van der Waals surface area (Å²) in [6.07, 6.45) is -4.31. The van der Waals surface area contributed by atoms with E-state index in [1.807, 2.05) is 0 Å². The van der Waals surface area contributed by atoms with Gasteiger partial charge in [0, 0.05) is 18.5 Å². The highest BCUT2D eigenvalue weighted by molar-refractivity contribution is 7.92. The molecule has 0 atom stereocenters. The Morgan fingerprint density at radius 1 is 0.964 bits per heavy atom. The molecule has 0 spiro atoms. The molecule has 28 heavy (non-hydrogen) atoms. The van der Waals surface area contributed by atoms with Crippen LogP contribution in [0, 0.1) is 6.92 Å². The van der Waals surface area contributed by atoms with Gasteiger partial charge in [0.25, 0.3) is 10.0 Å². The molecule has 0 aliphatic carbocycles. The number of carbonyl (C=O) groups is 2. The topological polar surface area (TPSA) is 83.6 Å². The number of hydrogen-bond acceptors (Lipinski definition) is 4. The van der Waals surface area contributed by atoms with Crippen LogP contribution in [0.5, 0.6) is 0 Å². The van der Waals surface area contributed by atoms with Gasteiger partial charge in [-0.25, -0.2) is 8.42 Å². The fraction of sp³-hybridized carbons (Fsp3) is 0.222. The van der Waals surface area contributed by atoms with E-state index in [1.165, 1.54) is 18.2 Å². The first-order valence-electron chi connectivity index (χ1n) is 8.15. The highest BCUT2D eigenvalue weighted by atomic mass is 32.2. The third kappa shape index (κ3) is 3.86. The summed E-state index contributed by atoms with van der Waals surface area (Å²) in [5.74, 6) is -0.710. The minimum atomic E-state index is -4.52. The van der Waals surface area contributed by atoms with Crippen molar-refractivity contribution in [2.24, 2.45) is 0 Å². The number of nitrogens with zero attached hydrogens (tertiary/aromatic N) is 1. The van der Waals surface area contributed by atoms with Gasteiger partial charge in [-0.05, 0) is 55.0 Å². The summed E-state index contributed by atoms with van der Waals surface area (Å²) < 4.78 is 65.0. The van der Waals surface area contributed by atoms with Crippen molar-refractivity contribution in [2.75, 3.05) is 9.62 Å². The molecule has 2 amide bonds. The molecular formula is C18H15F3N2O4S. The lowest BCUT2D eigenvalue weighted by atomic mass is 10.2. The number of halogens is 3. The second-order valence-corrected chi connectivity index (χ2v) is 7.93. The number of hydrogen-bond donors (Lipinski definition) is 1. The number of aryl methyl sites for hydroxylation is 1. The molecule has 10 heteroatoms. The molecule has 1 heterocycles. The lowest BCUT2D eigenvalue weighted by Gasteiger charge is -2.17. The van der Waals surface area contributed by atoms with Crippen molar-refractivity contribution in [3.05, 3.63) is 53.6 Å². The summed E-state index contributed by atoms with van der Waals surface area (Å²) in [4.78, 5) is 24.6. The van der Waals surface area contributed by atoms with E-state index in [0.29, 0.717) is 11.3 Å². The second-order valence-electron chi connectivity index (χ2n) is 6.25. The molecule has 3 rings (SSSR count). The maximum absolute atomic E-state index is 12.6. The standard InChI is InChI=1S/C18H15F3N2O4S/c1-11-10-14(6-7-15(11)23-16(24)8-9-17(23)25)28(26,27)22-13-4-2-12(3-5-13)18(19,20)21/h2-7,10,22H,8-9H2,1H3. The maximum Gasteiger partial charge on any atom is 0.416 e. The molecular weight excluding hydrogens is 397 g/mol. The first-order chi connectivity index (χ1) is 13.0. The minimum absolute atomic E-state index is 0.0281. The number of carbonyl (C=O) groups excluding carboxylic acids is 2. The van der Waals surface area contributed by atoms with Gasteiger partial charge in [-0.2, -0.15) is 13.2 Å². The SMILES string of the molecule is Cc1cc(S(=O)(=O)Nc2ccc(C(F)(F)F)cc2)ccc1N1C(=O)CCC1=O. The maximum atomic E-state index is 12.6. The van der Waals surface area contributed by atoms with Crippen molar-refractivity contribution >= 4 is 33.2 Å². The highest BCUT2D eigenvalue weighted by Gasteiger charge is 2.32. The third-order valence-corrected chi connectivity index (χ3v) is 5.61. The molecule has 0 unspecified atom stereocenters. The molecule has 1 aliphatic rings. The zero-order valence-corrected chi connectivity index (χ0v) is 15.4. The van der Waals surface area contributed by atoms with Gasteiger partial charge in [0.1, 0.15) is 0 Å². The monoisotopic (exact) mass is 412 g/mol. The molecule has 1 aliphatic heterocycles. The van der Waals surface area contributed by atoms with Crippen LogP contribution in [-0.4, -0.2) is 20.2 Å². The third-order valence-electron chi connectivity index (χ3n) is 4.24. The Morgan fingerprint density at radius 3 is 2.04 bits per heavy atom. The normalized spacial score (nSPS) is 15.2. The van der Waals surface area contributed by atoms with Crippen LogP contribution in [0.1, 0.15) is 24.0 Å². The zero-order valence-electron chi connectivity index (χ0n) is 14.6. The van der Waals surface area contributed by atoms with Crippen LogP contribution in [0.2, 0.25) is 0 Å². The van der Waals surface area contributed by atoms with E-state index in [-0.39, 0.29) is 35.2 Å². The Hall–Kier alpha value is -2.88. The first-order valence-corrected chi connectivity index (χ1v) is 9.64. The Labute approximate surface area is 159 Å². The van der Waals surface area contributed by atoms with Crippen molar-refractivity contribution in [3.63, 3.8) is 0 Å². The molecule has 1 fully saturated rings. The molecule has 2 aromatic carbocycles.